The van der Waals surface area contributed by atoms with Crippen LogP contribution in [0.5, 0.6) is 11.5 Å². The Labute approximate surface area is 163 Å². The van der Waals surface area contributed by atoms with E-state index in [4.69, 9.17) is 14.2 Å². The van der Waals surface area contributed by atoms with Crippen LogP contribution in [0.1, 0.15) is 27.8 Å². The van der Waals surface area contributed by atoms with Crippen LogP contribution >= 0.6 is 0 Å². The van der Waals surface area contributed by atoms with E-state index in [9.17, 15) is 9.59 Å². The smallest absolute Gasteiger partial charge is 0.274 e. The number of carbonyl (C=O) groups is 2. The van der Waals surface area contributed by atoms with Crippen molar-refractivity contribution in [3.8, 4) is 11.5 Å². The number of benzene rings is 1. The van der Waals surface area contributed by atoms with Crippen molar-refractivity contribution < 1.29 is 23.8 Å². The second-order valence-electron chi connectivity index (χ2n) is 6.15. The lowest BCUT2D eigenvalue weighted by atomic mass is 10.1. The van der Waals surface area contributed by atoms with E-state index in [0.29, 0.717) is 61.3 Å². The van der Waals surface area contributed by atoms with E-state index in [1.807, 2.05) is 6.92 Å². The quantitative estimate of drug-likeness (QED) is 0.809. The van der Waals surface area contributed by atoms with Gasteiger partial charge in [0.05, 0.1) is 44.9 Å². The predicted molar refractivity (Wildman–Crippen MR) is 102 cm³/mol. The van der Waals surface area contributed by atoms with Crippen molar-refractivity contribution >= 4 is 17.5 Å². The molecule has 1 aromatic carbocycles. The number of methoxy groups -OCH3 is 2. The number of hydrogen-bond donors (Lipinski definition) is 1. The predicted octanol–water partition coefficient (Wildman–Crippen LogP) is 1.64. The molecule has 0 aliphatic carbocycles. The highest BCUT2D eigenvalue weighted by Crippen LogP contribution is 2.26. The summed E-state index contributed by atoms with van der Waals surface area (Å²) in [5.74, 6) is 0.377. The topological polar surface area (TPSA) is 94.9 Å². The standard InChI is InChI=1S/C19H24N4O5/c1-4-23-17(19(25)22-7-9-28-10-8-22)15(12-20-23)21-18(24)14-6-5-13(26-2)11-16(14)27-3/h5-6,11-12H,4,7-10H2,1-3H3,(H,21,24). The van der Waals surface area contributed by atoms with Crippen LogP contribution in [0.3, 0.4) is 0 Å². The summed E-state index contributed by atoms with van der Waals surface area (Å²) < 4.78 is 17.3. The molecule has 0 saturated carbocycles. The third-order valence-electron chi connectivity index (χ3n) is 4.54. The first-order valence-corrected chi connectivity index (χ1v) is 9.05. The number of anilines is 1. The first kappa shape index (κ1) is 19.7. The molecule has 3 rings (SSSR count). The molecule has 2 aromatic rings. The second kappa shape index (κ2) is 8.75. The molecule has 0 bridgehead atoms. The molecule has 9 nitrogen and oxygen atoms in total. The number of ether oxygens (including phenoxy) is 3. The van der Waals surface area contributed by atoms with Gasteiger partial charge in [-0.2, -0.15) is 5.10 Å². The van der Waals surface area contributed by atoms with E-state index in [0.717, 1.165) is 0 Å². The monoisotopic (exact) mass is 388 g/mol. The Balaban J connectivity index is 1.87. The third-order valence-corrected chi connectivity index (χ3v) is 4.54. The minimum atomic E-state index is -0.397. The number of amides is 2. The number of morpholine rings is 1. The van der Waals surface area contributed by atoms with Crippen LogP contribution in [0.2, 0.25) is 0 Å². The first-order chi connectivity index (χ1) is 13.6. The van der Waals surface area contributed by atoms with E-state index in [2.05, 4.69) is 10.4 Å². The molecule has 1 N–H and O–H groups in total. The summed E-state index contributed by atoms with van der Waals surface area (Å²) in [5.41, 5.74) is 1.05. The van der Waals surface area contributed by atoms with Gasteiger partial charge in [0.25, 0.3) is 11.8 Å². The number of nitrogens with zero attached hydrogens (tertiary/aromatic N) is 3. The van der Waals surface area contributed by atoms with Gasteiger partial charge in [0.1, 0.15) is 17.2 Å². The molecule has 2 heterocycles. The summed E-state index contributed by atoms with van der Waals surface area (Å²) >= 11 is 0. The average molecular weight is 388 g/mol. The van der Waals surface area contributed by atoms with E-state index in [1.54, 1.807) is 27.8 Å². The number of rotatable bonds is 6. The fourth-order valence-electron chi connectivity index (χ4n) is 3.03. The molecule has 150 valence electrons. The van der Waals surface area contributed by atoms with Crippen LogP contribution in [0.15, 0.2) is 24.4 Å². The van der Waals surface area contributed by atoms with E-state index >= 15 is 0 Å². The van der Waals surface area contributed by atoms with E-state index in [-0.39, 0.29) is 5.91 Å². The number of hydrogen-bond acceptors (Lipinski definition) is 6. The summed E-state index contributed by atoms with van der Waals surface area (Å²) in [7, 11) is 3.02. The summed E-state index contributed by atoms with van der Waals surface area (Å²) in [5, 5.41) is 7.03. The zero-order chi connectivity index (χ0) is 20.1. The maximum Gasteiger partial charge on any atom is 0.274 e. The highest BCUT2D eigenvalue weighted by atomic mass is 16.5. The highest BCUT2D eigenvalue weighted by Gasteiger charge is 2.26. The Morgan fingerprint density at radius 2 is 1.96 bits per heavy atom. The minimum Gasteiger partial charge on any atom is -0.497 e. The maximum absolute atomic E-state index is 13.0. The van der Waals surface area contributed by atoms with Crippen LogP contribution in [0, 0.1) is 0 Å². The molecule has 0 radical (unpaired) electrons. The zero-order valence-electron chi connectivity index (χ0n) is 16.2. The van der Waals surface area contributed by atoms with Gasteiger partial charge in [-0.05, 0) is 19.1 Å². The second-order valence-corrected chi connectivity index (χ2v) is 6.15. The lowest BCUT2D eigenvalue weighted by Crippen LogP contribution is -2.41. The Hall–Kier alpha value is -3.07. The Kier molecular flexibility index (Phi) is 6.15. The van der Waals surface area contributed by atoms with Crippen LogP contribution in [0.4, 0.5) is 5.69 Å². The van der Waals surface area contributed by atoms with Gasteiger partial charge in [-0.1, -0.05) is 0 Å². The number of carbonyl (C=O) groups excluding carboxylic acids is 2. The van der Waals surface area contributed by atoms with Crippen LogP contribution in [0.25, 0.3) is 0 Å². The summed E-state index contributed by atoms with van der Waals surface area (Å²) in [6.45, 7) is 4.41. The van der Waals surface area contributed by atoms with Gasteiger partial charge in [-0.3, -0.25) is 14.3 Å². The van der Waals surface area contributed by atoms with Crippen molar-refractivity contribution in [2.24, 2.45) is 0 Å². The Morgan fingerprint density at radius 1 is 1.21 bits per heavy atom. The van der Waals surface area contributed by atoms with Crippen molar-refractivity contribution in [3.05, 3.63) is 35.7 Å². The minimum absolute atomic E-state index is 0.181. The lowest BCUT2D eigenvalue weighted by Gasteiger charge is -2.27. The molecule has 9 heteroatoms. The Bertz CT molecular complexity index is 858. The molecular formula is C19H24N4O5. The molecule has 0 spiro atoms. The van der Waals surface area contributed by atoms with Crippen molar-refractivity contribution in [2.45, 2.75) is 13.5 Å². The Morgan fingerprint density at radius 3 is 2.61 bits per heavy atom. The van der Waals surface area contributed by atoms with Crippen molar-refractivity contribution in [1.82, 2.24) is 14.7 Å². The summed E-state index contributed by atoms with van der Waals surface area (Å²) in [4.78, 5) is 27.5. The molecule has 1 fully saturated rings. The van der Waals surface area contributed by atoms with Gasteiger partial charge >= 0.3 is 0 Å². The maximum atomic E-state index is 13.0. The molecule has 1 aliphatic heterocycles. The lowest BCUT2D eigenvalue weighted by molar-refractivity contribution is 0.0295. The molecule has 1 aliphatic rings. The zero-order valence-corrected chi connectivity index (χ0v) is 16.2. The molecule has 2 amide bonds. The van der Waals surface area contributed by atoms with Crippen LogP contribution < -0.4 is 14.8 Å². The van der Waals surface area contributed by atoms with Gasteiger partial charge in [0.2, 0.25) is 0 Å². The SMILES string of the molecule is CCn1ncc(NC(=O)c2ccc(OC)cc2OC)c1C(=O)N1CCOCC1. The molecule has 0 atom stereocenters. The van der Waals surface area contributed by atoms with E-state index < -0.39 is 5.91 Å². The fraction of sp³-hybridized carbons (Fsp3) is 0.421. The number of aryl methyl sites for hydroxylation is 1. The van der Waals surface area contributed by atoms with Gasteiger partial charge < -0.3 is 24.4 Å². The van der Waals surface area contributed by atoms with Gasteiger partial charge in [-0.15, -0.1) is 0 Å². The van der Waals surface area contributed by atoms with Crippen molar-refractivity contribution in [1.29, 1.82) is 0 Å². The van der Waals surface area contributed by atoms with Crippen molar-refractivity contribution in [3.63, 3.8) is 0 Å². The summed E-state index contributed by atoms with van der Waals surface area (Å²) in [6.07, 6.45) is 1.49. The molecule has 28 heavy (non-hydrogen) atoms. The number of aromatic nitrogens is 2. The van der Waals surface area contributed by atoms with E-state index in [1.165, 1.54) is 20.4 Å². The fourth-order valence-corrected chi connectivity index (χ4v) is 3.03. The molecule has 0 unspecified atom stereocenters. The average Bonchev–Trinajstić information content (AvgIpc) is 3.15. The van der Waals surface area contributed by atoms with Gasteiger partial charge in [0.15, 0.2) is 0 Å². The van der Waals surface area contributed by atoms with Crippen LogP contribution in [-0.2, 0) is 11.3 Å². The largest absolute Gasteiger partial charge is 0.497 e. The highest BCUT2D eigenvalue weighted by molar-refractivity contribution is 6.09. The third kappa shape index (κ3) is 3.94. The van der Waals surface area contributed by atoms with Crippen molar-refractivity contribution in [2.75, 3.05) is 45.8 Å². The number of nitrogens with one attached hydrogen (secondary N) is 1. The van der Waals surface area contributed by atoms with Gasteiger partial charge in [0, 0.05) is 25.7 Å². The molecular weight excluding hydrogens is 364 g/mol. The van der Waals surface area contributed by atoms with Crippen LogP contribution in [-0.4, -0.2) is 67.0 Å². The molecule has 1 aromatic heterocycles. The normalized spacial score (nSPS) is 13.9. The van der Waals surface area contributed by atoms with Gasteiger partial charge in [-0.25, -0.2) is 0 Å². The first-order valence-electron chi connectivity index (χ1n) is 9.05. The summed E-state index contributed by atoms with van der Waals surface area (Å²) in [6, 6.07) is 4.91. The molecule has 1 saturated heterocycles.